The molecule has 0 atom stereocenters. The number of halogens is 1. The van der Waals surface area contributed by atoms with Crippen LogP contribution in [0.5, 0.6) is 0 Å². The van der Waals surface area contributed by atoms with Crippen molar-refractivity contribution in [3.8, 4) is 0 Å². The molecule has 0 fully saturated rings. The minimum atomic E-state index is -3.53. The SMILES string of the molecule is CCNCc1cc(S(=O)(=O)N(C)CCN(C)C)c(Br)o1. The Kier molecular flexibility index (Phi) is 6.67. The lowest BCUT2D eigenvalue weighted by molar-refractivity contribution is 0.358. The molecule has 6 nitrogen and oxygen atoms in total. The molecule has 0 saturated carbocycles. The van der Waals surface area contributed by atoms with Crippen LogP contribution in [0, 0.1) is 0 Å². The van der Waals surface area contributed by atoms with E-state index in [9.17, 15) is 8.42 Å². The summed E-state index contributed by atoms with van der Waals surface area (Å²) in [5.41, 5.74) is 0. The zero-order chi connectivity index (χ0) is 15.3. The first kappa shape index (κ1) is 17.6. The summed E-state index contributed by atoms with van der Waals surface area (Å²) in [5.74, 6) is 0.596. The third-order valence-corrected chi connectivity index (χ3v) is 5.52. The Bertz CT molecular complexity index is 528. The summed E-state index contributed by atoms with van der Waals surface area (Å²) in [6.45, 7) is 4.37. The molecular weight excluding hydrogens is 346 g/mol. The first-order chi connectivity index (χ1) is 9.28. The van der Waals surface area contributed by atoms with Crippen LogP contribution in [0.4, 0.5) is 0 Å². The van der Waals surface area contributed by atoms with Gasteiger partial charge in [0.2, 0.25) is 10.0 Å². The van der Waals surface area contributed by atoms with Crippen LogP contribution in [0.15, 0.2) is 20.0 Å². The summed E-state index contributed by atoms with van der Waals surface area (Å²) >= 11 is 3.18. The summed E-state index contributed by atoms with van der Waals surface area (Å²) in [6.07, 6.45) is 0. The van der Waals surface area contributed by atoms with Gasteiger partial charge in [0, 0.05) is 26.2 Å². The fourth-order valence-corrected chi connectivity index (χ4v) is 3.66. The summed E-state index contributed by atoms with van der Waals surface area (Å²) in [5, 5.41) is 3.10. The highest BCUT2D eigenvalue weighted by Gasteiger charge is 2.26. The van der Waals surface area contributed by atoms with E-state index in [0.717, 1.165) is 6.54 Å². The monoisotopic (exact) mass is 367 g/mol. The van der Waals surface area contributed by atoms with Crippen molar-refractivity contribution in [2.75, 3.05) is 40.8 Å². The highest BCUT2D eigenvalue weighted by Crippen LogP contribution is 2.28. The zero-order valence-corrected chi connectivity index (χ0v) is 14.7. The highest BCUT2D eigenvalue weighted by molar-refractivity contribution is 9.10. The van der Waals surface area contributed by atoms with Crippen molar-refractivity contribution in [1.29, 1.82) is 0 Å². The van der Waals surface area contributed by atoms with Crippen molar-refractivity contribution in [1.82, 2.24) is 14.5 Å². The maximum atomic E-state index is 12.4. The van der Waals surface area contributed by atoms with E-state index < -0.39 is 10.0 Å². The van der Waals surface area contributed by atoms with E-state index in [2.05, 4.69) is 21.2 Å². The Labute approximate surface area is 129 Å². The second kappa shape index (κ2) is 7.56. The fourth-order valence-electron chi connectivity index (χ4n) is 1.54. The van der Waals surface area contributed by atoms with Gasteiger partial charge in [0.15, 0.2) is 4.67 Å². The minimum Gasteiger partial charge on any atom is -0.452 e. The van der Waals surface area contributed by atoms with Gasteiger partial charge in [-0.1, -0.05) is 6.92 Å². The molecule has 1 N–H and O–H groups in total. The van der Waals surface area contributed by atoms with E-state index in [1.807, 2.05) is 25.9 Å². The third-order valence-electron chi connectivity index (χ3n) is 2.81. The summed E-state index contributed by atoms with van der Waals surface area (Å²) in [4.78, 5) is 2.11. The highest BCUT2D eigenvalue weighted by atomic mass is 79.9. The van der Waals surface area contributed by atoms with Crippen LogP contribution in [0.25, 0.3) is 0 Å². The van der Waals surface area contributed by atoms with Crippen molar-refractivity contribution >= 4 is 26.0 Å². The van der Waals surface area contributed by atoms with E-state index in [4.69, 9.17) is 4.42 Å². The van der Waals surface area contributed by atoms with Gasteiger partial charge < -0.3 is 14.6 Å². The Hall–Kier alpha value is -0.410. The van der Waals surface area contributed by atoms with Crippen LogP contribution in [0.1, 0.15) is 12.7 Å². The molecule has 0 aliphatic carbocycles. The molecule has 0 aliphatic rings. The Balaban J connectivity index is 2.88. The van der Waals surface area contributed by atoms with Crippen molar-refractivity contribution in [3.05, 3.63) is 16.5 Å². The second-order valence-corrected chi connectivity index (χ2v) is 7.49. The van der Waals surface area contributed by atoms with Crippen LogP contribution in [-0.4, -0.2) is 58.4 Å². The van der Waals surface area contributed by atoms with E-state index in [1.54, 1.807) is 13.1 Å². The Morgan fingerprint density at radius 1 is 1.30 bits per heavy atom. The number of nitrogens with zero attached hydrogens (tertiary/aromatic N) is 2. The van der Waals surface area contributed by atoms with Gasteiger partial charge in [0.05, 0.1) is 6.54 Å². The number of sulfonamides is 1. The predicted octanol–water partition coefficient (Wildman–Crippen LogP) is 1.33. The molecule has 0 saturated heterocycles. The van der Waals surface area contributed by atoms with Gasteiger partial charge in [-0.2, -0.15) is 4.31 Å². The van der Waals surface area contributed by atoms with Crippen molar-refractivity contribution in [3.63, 3.8) is 0 Å². The molecule has 1 heterocycles. The third kappa shape index (κ3) is 4.56. The van der Waals surface area contributed by atoms with Gasteiger partial charge in [-0.15, -0.1) is 0 Å². The number of hydrogen-bond acceptors (Lipinski definition) is 5. The Morgan fingerprint density at radius 3 is 2.50 bits per heavy atom. The molecule has 0 radical (unpaired) electrons. The number of furan rings is 1. The van der Waals surface area contributed by atoms with Crippen molar-refractivity contribution in [2.24, 2.45) is 0 Å². The average molecular weight is 368 g/mol. The molecule has 0 bridgehead atoms. The van der Waals surface area contributed by atoms with E-state index in [0.29, 0.717) is 25.4 Å². The lowest BCUT2D eigenvalue weighted by Crippen LogP contribution is -2.33. The Morgan fingerprint density at radius 2 is 1.95 bits per heavy atom. The van der Waals surface area contributed by atoms with Crippen molar-refractivity contribution < 1.29 is 12.8 Å². The molecule has 1 aromatic heterocycles. The van der Waals surface area contributed by atoms with E-state index in [1.165, 1.54) is 4.31 Å². The molecule has 0 aromatic carbocycles. The summed E-state index contributed by atoms with van der Waals surface area (Å²) < 4.78 is 31.9. The molecular formula is C12H22BrN3O3S. The van der Waals surface area contributed by atoms with Gasteiger partial charge in [-0.3, -0.25) is 0 Å². The average Bonchev–Trinajstić information content (AvgIpc) is 2.75. The molecule has 0 aliphatic heterocycles. The van der Waals surface area contributed by atoms with Crippen molar-refractivity contribution in [2.45, 2.75) is 18.4 Å². The standard InChI is InChI=1S/C12H22BrN3O3S/c1-5-14-9-10-8-11(12(13)19-10)20(17,18)16(4)7-6-15(2)3/h8,14H,5-7,9H2,1-4H3. The molecule has 116 valence electrons. The van der Waals surface area contributed by atoms with Crippen LogP contribution in [0.2, 0.25) is 0 Å². The number of nitrogens with one attached hydrogen (secondary N) is 1. The van der Waals surface area contributed by atoms with Gasteiger partial charge in [-0.25, -0.2) is 8.42 Å². The lowest BCUT2D eigenvalue weighted by atomic mass is 10.4. The summed E-state index contributed by atoms with van der Waals surface area (Å²) in [6, 6.07) is 1.56. The largest absolute Gasteiger partial charge is 0.452 e. The predicted molar refractivity (Wildman–Crippen MR) is 82.2 cm³/mol. The summed E-state index contributed by atoms with van der Waals surface area (Å²) in [7, 11) is 1.85. The van der Waals surface area contributed by atoms with Gasteiger partial charge in [-0.05, 0) is 36.6 Å². The number of hydrogen-bond donors (Lipinski definition) is 1. The van der Waals surface area contributed by atoms with Gasteiger partial charge >= 0.3 is 0 Å². The van der Waals surface area contributed by atoms with Crippen LogP contribution in [0.3, 0.4) is 0 Å². The van der Waals surface area contributed by atoms with Gasteiger partial charge in [0.25, 0.3) is 0 Å². The first-order valence-corrected chi connectivity index (χ1v) is 8.62. The minimum absolute atomic E-state index is 0.173. The van der Waals surface area contributed by atoms with Crippen LogP contribution < -0.4 is 5.32 Å². The fraction of sp³-hybridized carbons (Fsp3) is 0.667. The zero-order valence-electron chi connectivity index (χ0n) is 12.3. The maximum absolute atomic E-state index is 12.4. The maximum Gasteiger partial charge on any atom is 0.247 e. The molecule has 0 spiro atoms. The topological polar surface area (TPSA) is 65.8 Å². The van der Waals surface area contributed by atoms with E-state index >= 15 is 0 Å². The molecule has 20 heavy (non-hydrogen) atoms. The van der Waals surface area contributed by atoms with Gasteiger partial charge in [0.1, 0.15) is 10.7 Å². The molecule has 8 heteroatoms. The number of likely N-dealkylation sites (N-methyl/N-ethyl adjacent to an activating group) is 2. The smallest absolute Gasteiger partial charge is 0.247 e. The molecule has 0 unspecified atom stereocenters. The van der Waals surface area contributed by atoms with Crippen LogP contribution in [-0.2, 0) is 16.6 Å². The molecule has 1 rings (SSSR count). The lowest BCUT2D eigenvalue weighted by Gasteiger charge is -2.18. The second-order valence-electron chi connectivity index (χ2n) is 4.76. The first-order valence-electron chi connectivity index (χ1n) is 6.39. The number of rotatable bonds is 8. The molecule has 0 amide bonds. The molecule has 1 aromatic rings. The van der Waals surface area contributed by atoms with Crippen LogP contribution >= 0.6 is 15.9 Å². The van der Waals surface area contributed by atoms with E-state index in [-0.39, 0.29) is 9.56 Å². The normalized spacial score (nSPS) is 12.6. The quantitative estimate of drug-likeness (QED) is 0.750.